The van der Waals surface area contributed by atoms with Gasteiger partial charge in [0.05, 0.1) is 5.69 Å². The highest BCUT2D eigenvalue weighted by Gasteiger charge is 2.21. The van der Waals surface area contributed by atoms with E-state index < -0.39 is 0 Å². The van der Waals surface area contributed by atoms with E-state index in [1.54, 1.807) is 6.08 Å². The van der Waals surface area contributed by atoms with Gasteiger partial charge in [-0.1, -0.05) is 37.1 Å². The number of piperazine rings is 1. The predicted octanol–water partition coefficient (Wildman–Crippen LogP) is 4.62. The highest BCUT2D eigenvalue weighted by molar-refractivity contribution is 6.31. The number of carbonyl (C=O) groups excluding carboxylic acids is 1. The van der Waals surface area contributed by atoms with Crippen molar-refractivity contribution in [2.24, 2.45) is 0 Å². The number of aromatic nitrogens is 2. The number of hydrogen-bond donors (Lipinski definition) is 0. The van der Waals surface area contributed by atoms with Crippen LogP contribution in [0.1, 0.15) is 42.1 Å². The molecule has 0 spiro atoms. The molecule has 0 atom stereocenters. The van der Waals surface area contributed by atoms with Gasteiger partial charge >= 0.3 is 0 Å². The average molecular weight is 415 g/mol. The molecule has 2 aromatic rings. The maximum atomic E-state index is 12.7. The van der Waals surface area contributed by atoms with Gasteiger partial charge in [-0.25, -0.2) is 0 Å². The number of halogens is 1. The van der Waals surface area contributed by atoms with Crippen LogP contribution in [0.15, 0.2) is 24.3 Å². The number of hydrogen-bond acceptors (Lipinski definition) is 3. The molecule has 29 heavy (non-hydrogen) atoms. The predicted molar refractivity (Wildman–Crippen MR) is 121 cm³/mol. The molecule has 0 bridgehead atoms. The molecule has 0 unspecified atom stereocenters. The van der Waals surface area contributed by atoms with Crippen molar-refractivity contribution in [1.82, 2.24) is 14.7 Å². The van der Waals surface area contributed by atoms with Gasteiger partial charge < -0.3 is 9.80 Å². The molecule has 6 heteroatoms. The van der Waals surface area contributed by atoms with E-state index in [0.717, 1.165) is 56.8 Å². The summed E-state index contributed by atoms with van der Waals surface area (Å²) in [5, 5.41) is 5.11. The molecule has 1 fully saturated rings. The molecular formula is C23H31ClN4O. The van der Waals surface area contributed by atoms with Crippen LogP contribution >= 0.6 is 11.6 Å². The fourth-order valence-electron chi connectivity index (χ4n) is 3.72. The quantitative estimate of drug-likeness (QED) is 0.647. The van der Waals surface area contributed by atoms with Gasteiger partial charge in [-0.2, -0.15) is 5.10 Å². The van der Waals surface area contributed by atoms with Gasteiger partial charge in [0, 0.05) is 50.1 Å². The third-order valence-corrected chi connectivity index (χ3v) is 6.13. The molecule has 5 nitrogen and oxygen atoms in total. The van der Waals surface area contributed by atoms with Gasteiger partial charge in [-0.3, -0.25) is 9.48 Å². The Morgan fingerprint density at radius 1 is 1.17 bits per heavy atom. The highest BCUT2D eigenvalue weighted by atomic mass is 35.5. The van der Waals surface area contributed by atoms with Crippen LogP contribution in [0.25, 0.3) is 6.08 Å². The third-order valence-electron chi connectivity index (χ3n) is 5.73. The zero-order valence-corrected chi connectivity index (χ0v) is 18.7. The largest absolute Gasteiger partial charge is 0.368 e. The van der Waals surface area contributed by atoms with E-state index in [9.17, 15) is 4.79 Å². The maximum absolute atomic E-state index is 12.7. The second-order valence-corrected chi connectivity index (χ2v) is 8.09. The first-order chi connectivity index (χ1) is 13.9. The molecule has 1 aromatic heterocycles. The molecule has 1 aliphatic rings. The summed E-state index contributed by atoms with van der Waals surface area (Å²) in [6.07, 6.45) is 5.57. The number of nitrogens with zero attached hydrogens (tertiary/aromatic N) is 4. The van der Waals surface area contributed by atoms with Crippen LogP contribution in [0.2, 0.25) is 5.15 Å². The molecule has 1 saturated heterocycles. The average Bonchev–Trinajstić information content (AvgIpc) is 2.99. The molecule has 3 rings (SSSR count). The van der Waals surface area contributed by atoms with Crippen molar-refractivity contribution in [3.8, 4) is 0 Å². The monoisotopic (exact) mass is 414 g/mol. The lowest BCUT2D eigenvalue weighted by atomic mass is 10.1. The summed E-state index contributed by atoms with van der Waals surface area (Å²) >= 11 is 6.47. The normalized spacial score (nSPS) is 14.8. The molecule has 0 aliphatic carbocycles. The Kier molecular flexibility index (Phi) is 7.01. The number of rotatable bonds is 6. The Hall–Kier alpha value is -2.27. The first-order valence-corrected chi connectivity index (χ1v) is 10.8. The summed E-state index contributed by atoms with van der Waals surface area (Å²) in [6.45, 7) is 12.3. The summed E-state index contributed by atoms with van der Waals surface area (Å²) in [5.74, 6) is 0.0300. The van der Waals surface area contributed by atoms with Gasteiger partial charge in [0.1, 0.15) is 5.15 Å². The van der Waals surface area contributed by atoms with Crippen LogP contribution in [0.3, 0.4) is 0 Å². The summed E-state index contributed by atoms with van der Waals surface area (Å²) in [5.41, 5.74) is 5.59. The van der Waals surface area contributed by atoms with Crippen LogP contribution < -0.4 is 4.90 Å². The Morgan fingerprint density at radius 2 is 1.90 bits per heavy atom. The minimum absolute atomic E-state index is 0.0300. The van der Waals surface area contributed by atoms with Crippen molar-refractivity contribution in [2.75, 3.05) is 31.1 Å². The zero-order valence-electron chi connectivity index (χ0n) is 17.9. The van der Waals surface area contributed by atoms with Gasteiger partial charge in [0.25, 0.3) is 0 Å². The zero-order chi connectivity index (χ0) is 21.0. The molecule has 0 saturated carbocycles. The van der Waals surface area contributed by atoms with Crippen LogP contribution in [0.5, 0.6) is 0 Å². The van der Waals surface area contributed by atoms with Gasteiger partial charge in [-0.05, 0) is 50.5 Å². The van der Waals surface area contributed by atoms with Gasteiger partial charge in [-0.15, -0.1) is 0 Å². The first-order valence-electron chi connectivity index (χ1n) is 10.4. The van der Waals surface area contributed by atoms with Crippen molar-refractivity contribution in [1.29, 1.82) is 0 Å². The van der Waals surface area contributed by atoms with E-state index >= 15 is 0 Å². The van der Waals surface area contributed by atoms with Crippen LogP contribution in [0.4, 0.5) is 5.69 Å². The van der Waals surface area contributed by atoms with E-state index in [0.29, 0.717) is 5.15 Å². The summed E-state index contributed by atoms with van der Waals surface area (Å²) in [6, 6.07) is 6.41. The minimum atomic E-state index is 0.0300. The fraction of sp³-hybridized carbons (Fsp3) is 0.478. The Labute approximate surface area is 178 Å². The molecule has 2 heterocycles. The van der Waals surface area contributed by atoms with E-state index in [4.69, 9.17) is 11.6 Å². The Morgan fingerprint density at radius 3 is 2.59 bits per heavy atom. The molecule has 1 aliphatic heterocycles. The number of benzene rings is 1. The van der Waals surface area contributed by atoms with Crippen molar-refractivity contribution < 1.29 is 4.79 Å². The van der Waals surface area contributed by atoms with Crippen LogP contribution in [0, 0.1) is 20.8 Å². The number of unbranched alkanes of at least 4 members (excludes halogenated alkanes) is 1. The molecule has 1 amide bonds. The van der Waals surface area contributed by atoms with Gasteiger partial charge in [0.15, 0.2) is 0 Å². The van der Waals surface area contributed by atoms with E-state index in [-0.39, 0.29) is 5.91 Å². The van der Waals surface area contributed by atoms with Crippen LogP contribution in [-0.2, 0) is 11.3 Å². The topological polar surface area (TPSA) is 41.4 Å². The van der Waals surface area contributed by atoms with E-state index in [1.807, 2.05) is 22.6 Å². The molecule has 0 N–H and O–H groups in total. The second kappa shape index (κ2) is 9.49. The third kappa shape index (κ3) is 4.84. The highest BCUT2D eigenvalue weighted by Crippen LogP contribution is 2.24. The Balaban J connectivity index is 1.61. The van der Waals surface area contributed by atoms with Crippen molar-refractivity contribution >= 4 is 29.3 Å². The van der Waals surface area contributed by atoms with E-state index in [1.165, 1.54) is 16.8 Å². The lowest BCUT2D eigenvalue weighted by Gasteiger charge is -2.36. The number of anilines is 1. The van der Waals surface area contributed by atoms with Crippen molar-refractivity contribution in [3.63, 3.8) is 0 Å². The van der Waals surface area contributed by atoms with Crippen molar-refractivity contribution in [2.45, 2.75) is 47.1 Å². The summed E-state index contributed by atoms with van der Waals surface area (Å²) in [7, 11) is 0. The summed E-state index contributed by atoms with van der Waals surface area (Å²) < 4.78 is 1.83. The molecular weight excluding hydrogens is 384 g/mol. The fourth-order valence-corrected chi connectivity index (χ4v) is 4.04. The smallest absolute Gasteiger partial charge is 0.246 e. The first kappa shape index (κ1) is 21.4. The van der Waals surface area contributed by atoms with Crippen molar-refractivity contribution in [3.05, 3.63) is 51.8 Å². The number of carbonyl (C=O) groups is 1. The lowest BCUT2D eigenvalue weighted by molar-refractivity contribution is -0.126. The molecule has 1 aromatic carbocycles. The number of amides is 1. The second-order valence-electron chi connectivity index (χ2n) is 7.73. The SMILES string of the molecule is CCCCn1nc(C)c(/C=C/C(=O)N2CCN(c3cccc(C)c3C)CC2)c1Cl. The Bertz CT molecular complexity index is 895. The lowest BCUT2D eigenvalue weighted by Crippen LogP contribution is -2.48. The van der Waals surface area contributed by atoms with E-state index in [2.05, 4.69) is 49.0 Å². The standard InChI is InChI=1S/C23H31ClN4O/c1-5-6-12-28-23(24)20(19(4)25-28)10-11-22(29)27-15-13-26(14-16-27)21-9-7-8-17(2)18(21)3/h7-11H,5-6,12-16H2,1-4H3/b11-10+. The minimum Gasteiger partial charge on any atom is -0.368 e. The number of aryl methyl sites for hydroxylation is 3. The molecule has 156 valence electrons. The van der Waals surface area contributed by atoms with Crippen LogP contribution in [-0.4, -0.2) is 46.8 Å². The van der Waals surface area contributed by atoms with Gasteiger partial charge in [0.2, 0.25) is 5.91 Å². The maximum Gasteiger partial charge on any atom is 0.246 e. The molecule has 0 radical (unpaired) electrons. The summed E-state index contributed by atoms with van der Waals surface area (Å²) in [4.78, 5) is 17.0.